The molecule has 4 N–H and O–H groups in total. The first-order chi connectivity index (χ1) is 9.66. The molecule has 0 rings (SSSR count). The quantitative estimate of drug-likeness (QED) is 0.412. The topological polar surface area (TPSA) is 48.1 Å². The van der Waals surface area contributed by atoms with Crippen LogP contribution in [0, 0.1) is 0 Å². The van der Waals surface area contributed by atoms with Gasteiger partial charge >= 0.3 is 0 Å². The summed E-state index contributed by atoms with van der Waals surface area (Å²) in [4.78, 5) is 0. The summed E-state index contributed by atoms with van der Waals surface area (Å²) in [6.07, 6.45) is 0. The molecule has 0 aromatic heterocycles. The monoisotopic (exact) mass is 472 g/mol. The van der Waals surface area contributed by atoms with Crippen LogP contribution in [-0.2, 0) is 25.8 Å². The second-order valence-electron chi connectivity index (χ2n) is 3.83. The van der Waals surface area contributed by atoms with Gasteiger partial charge in [-0.1, -0.05) is 55.4 Å². The van der Waals surface area contributed by atoms with E-state index < -0.39 is 0 Å². The molecule has 132 valence electrons. The molecule has 0 saturated heterocycles. The summed E-state index contributed by atoms with van der Waals surface area (Å²) in [5, 5.41) is 12.4. The van der Waals surface area contributed by atoms with E-state index in [4.69, 9.17) is 0 Å². The summed E-state index contributed by atoms with van der Waals surface area (Å²) < 4.78 is 0. The van der Waals surface area contributed by atoms with Crippen LogP contribution in [0.4, 0.5) is 0 Å². The van der Waals surface area contributed by atoms with E-state index in [1.165, 1.54) is 0 Å². The van der Waals surface area contributed by atoms with Crippen LogP contribution in [0.3, 0.4) is 0 Å². The van der Waals surface area contributed by atoms with E-state index in [0.29, 0.717) is 0 Å². The van der Waals surface area contributed by atoms with Gasteiger partial charge in [-0.15, -0.1) is 0 Å². The second kappa shape index (κ2) is 49.8. The molecule has 21 heavy (non-hydrogen) atoms. The van der Waals surface area contributed by atoms with E-state index in [2.05, 4.69) is 76.7 Å². The van der Waals surface area contributed by atoms with Crippen LogP contribution in [-0.4, -0.2) is 52.4 Å². The standard InChI is InChI=1S/4C4H11N.Hf/c4*1-3-5-4-2;/h4*5H,3-4H2,1-2H3;. The predicted octanol–water partition coefficient (Wildman–Crippen LogP) is 2.46. The Morgan fingerprint density at radius 1 is 0.333 bits per heavy atom. The molecule has 0 aromatic carbocycles. The average molecular weight is 471 g/mol. The van der Waals surface area contributed by atoms with Gasteiger partial charge in [0.1, 0.15) is 0 Å². The maximum atomic E-state index is 3.11. The Morgan fingerprint density at radius 3 is 0.429 bits per heavy atom. The van der Waals surface area contributed by atoms with Crippen LogP contribution < -0.4 is 21.3 Å². The van der Waals surface area contributed by atoms with Crippen molar-refractivity contribution in [3.8, 4) is 0 Å². The third-order valence-electron chi connectivity index (χ3n) is 2.00. The Kier molecular flexibility index (Phi) is 79.1. The number of rotatable bonds is 8. The first kappa shape index (κ1) is 33.3. The van der Waals surface area contributed by atoms with Crippen LogP contribution in [0.5, 0.6) is 0 Å². The van der Waals surface area contributed by atoms with Crippen molar-refractivity contribution in [2.24, 2.45) is 0 Å². The molecule has 0 amide bonds. The summed E-state index contributed by atoms with van der Waals surface area (Å²) in [5.41, 5.74) is 0. The molecule has 0 aliphatic rings. The van der Waals surface area contributed by atoms with Crippen LogP contribution in [0.25, 0.3) is 0 Å². The number of hydrogen-bond donors (Lipinski definition) is 4. The molecule has 0 radical (unpaired) electrons. The van der Waals surface area contributed by atoms with Crippen molar-refractivity contribution in [1.82, 2.24) is 21.3 Å². The van der Waals surface area contributed by atoms with E-state index in [-0.39, 0.29) is 25.8 Å². The van der Waals surface area contributed by atoms with E-state index >= 15 is 0 Å². The van der Waals surface area contributed by atoms with Gasteiger partial charge in [0.25, 0.3) is 0 Å². The molecule has 0 spiro atoms. The minimum atomic E-state index is 0. The molecular formula is C16H44HfN4. The van der Waals surface area contributed by atoms with E-state index in [0.717, 1.165) is 52.4 Å². The molecule has 0 atom stereocenters. The van der Waals surface area contributed by atoms with E-state index in [9.17, 15) is 0 Å². The van der Waals surface area contributed by atoms with Crippen molar-refractivity contribution in [3.05, 3.63) is 0 Å². The van der Waals surface area contributed by atoms with Crippen molar-refractivity contribution in [1.29, 1.82) is 0 Å². The molecule has 0 heterocycles. The van der Waals surface area contributed by atoms with Crippen LogP contribution in [0.1, 0.15) is 55.4 Å². The van der Waals surface area contributed by atoms with E-state index in [1.807, 2.05) is 0 Å². The largest absolute Gasteiger partial charge is 0.317 e. The Balaban J connectivity index is -0.0000000533. The maximum Gasteiger partial charge on any atom is 0 e. The third-order valence-corrected chi connectivity index (χ3v) is 2.00. The average Bonchev–Trinajstić information content (AvgIpc) is 2.44. The summed E-state index contributed by atoms with van der Waals surface area (Å²) in [6.45, 7) is 25.6. The van der Waals surface area contributed by atoms with Gasteiger partial charge in [-0.2, -0.15) is 0 Å². The summed E-state index contributed by atoms with van der Waals surface area (Å²) >= 11 is 0. The van der Waals surface area contributed by atoms with Crippen molar-refractivity contribution >= 4 is 0 Å². The van der Waals surface area contributed by atoms with E-state index in [1.54, 1.807) is 0 Å². The molecule has 0 fully saturated rings. The van der Waals surface area contributed by atoms with Gasteiger partial charge in [0, 0.05) is 25.8 Å². The molecule has 0 unspecified atom stereocenters. The third kappa shape index (κ3) is 95.6. The van der Waals surface area contributed by atoms with Gasteiger partial charge in [0.15, 0.2) is 0 Å². The second-order valence-corrected chi connectivity index (χ2v) is 3.83. The van der Waals surface area contributed by atoms with Crippen molar-refractivity contribution in [3.63, 3.8) is 0 Å². The zero-order valence-corrected chi connectivity index (χ0v) is 19.7. The summed E-state index contributed by atoms with van der Waals surface area (Å²) in [5.74, 6) is 0. The van der Waals surface area contributed by atoms with Crippen molar-refractivity contribution in [2.75, 3.05) is 52.4 Å². The Labute approximate surface area is 154 Å². The Hall–Kier alpha value is 0.710. The first-order valence-electron chi connectivity index (χ1n) is 8.49. The molecule has 0 saturated carbocycles. The zero-order valence-electron chi connectivity index (χ0n) is 16.2. The molecule has 5 heteroatoms. The smallest absolute Gasteiger partial charge is 0 e. The number of hydrogen-bond acceptors (Lipinski definition) is 4. The molecule has 0 aliphatic heterocycles. The Bertz CT molecular complexity index is 74.3. The SMILES string of the molecule is CCNCC.CCNCC.CCNCC.CCNCC.[Hf]. The van der Waals surface area contributed by atoms with Crippen LogP contribution in [0.15, 0.2) is 0 Å². The predicted molar refractivity (Wildman–Crippen MR) is 96.9 cm³/mol. The zero-order chi connectivity index (χ0) is 16.5. The van der Waals surface area contributed by atoms with Gasteiger partial charge in [-0.3, -0.25) is 0 Å². The fraction of sp³-hybridized carbons (Fsp3) is 1.00. The van der Waals surface area contributed by atoms with Gasteiger partial charge in [0.05, 0.1) is 0 Å². The minimum Gasteiger partial charge on any atom is -0.317 e. The van der Waals surface area contributed by atoms with Crippen molar-refractivity contribution < 1.29 is 25.8 Å². The molecule has 0 bridgehead atoms. The minimum absolute atomic E-state index is 0. The fourth-order valence-electron chi connectivity index (χ4n) is 1.000. The van der Waals surface area contributed by atoms with Gasteiger partial charge < -0.3 is 21.3 Å². The van der Waals surface area contributed by atoms with Crippen LogP contribution in [0.2, 0.25) is 0 Å². The summed E-state index contributed by atoms with van der Waals surface area (Å²) in [6, 6.07) is 0. The van der Waals surface area contributed by atoms with Gasteiger partial charge in [-0.05, 0) is 52.4 Å². The van der Waals surface area contributed by atoms with Gasteiger partial charge in [-0.25, -0.2) is 0 Å². The first-order valence-corrected chi connectivity index (χ1v) is 8.49. The maximum absolute atomic E-state index is 3.11. The molecule has 0 aromatic rings. The van der Waals surface area contributed by atoms with Crippen molar-refractivity contribution in [2.45, 2.75) is 55.4 Å². The normalized spacial score (nSPS) is 8.00. The molecular weight excluding hydrogens is 427 g/mol. The Morgan fingerprint density at radius 2 is 0.429 bits per heavy atom. The molecule has 4 nitrogen and oxygen atoms in total. The summed E-state index contributed by atoms with van der Waals surface area (Å²) in [7, 11) is 0. The molecule has 0 aliphatic carbocycles. The fourth-order valence-corrected chi connectivity index (χ4v) is 1.000. The van der Waals surface area contributed by atoms with Crippen LogP contribution >= 0.6 is 0 Å². The number of nitrogens with one attached hydrogen (secondary N) is 4. The van der Waals surface area contributed by atoms with Gasteiger partial charge in [0.2, 0.25) is 0 Å².